The van der Waals surface area contributed by atoms with Crippen molar-refractivity contribution >= 4 is 12.1 Å². The van der Waals surface area contributed by atoms with Crippen molar-refractivity contribution in [2.75, 3.05) is 6.61 Å². The van der Waals surface area contributed by atoms with Gasteiger partial charge in [-0.1, -0.05) is 0 Å². The van der Waals surface area contributed by atoms with Crippen LogP contribution in [-0.4, -0.2) is 29.3 Å². The average Bonchev–Trinajstić information content (AvgIpc) is 2.75. The summed E-state index contributed by atoms with van der Waals surface area (Å²) in [6.45, 7) is 8.87. The van der Waals surface area contributed by atoms with Crippen molar-refractivity contribution < 1.29 is 23.5 Å². The number of aromatic nitrogens is 1. The molecule has 1 rings (SSSR count). The van der Waals surface area contributed by atoms with E-state index in [2.05, 4.69) is 10.3 Å². The minimum atomic E-state index is -0.602. The molecule has 1 amide bonds. The SMILES string of the molecule is CCOC(=O)c1ncoc1C(C)NC(=O)OC(C)(C)C. The third-order valence-corrected chi connectivity index (χ3v) is 2.19. The third kappa shape index (κ3) is 4.56. The fourth-order valence-corrected chi connectivity index (χ4v) is 1.47. The molecule has 0 aliphatic heterocycles. The highest BCUT2D eigenvalue weighted by Gasteiger charge is 2.25. The first-order valence-corrected chi connectivity index (χ1v) is 6.34. The van der Waals surface area contributed by atoms with E-state index in [0.717, 1.165) is 6.39 Å². The first kappa shape index (κ1) is 16.0. The number of ether oxygens (including phenoxy) is 2. The molecule has 0 fully saturated rings. The Bertz CT molecular complexity index is 475. The normalized spacial score (nSPS) is 12.7. The van der Waals surface area contributed by atoms with Crippen LogP contribution in [0.25, 0.3) is 0 Å². The van der Waals surface area contributed by atoms with Crippen molar-refractivity contribution in [2.45, 2.75) is 46.3 Å². The van der Waals surface area contributed by atoms with Crippen LogP contribution < -0.4 is 5.32 Å². The van der Waals surface area contributed by atoms with Gasteiger partial charge in [-0.25, -0.2) is 14.6 Å². The lowest BCUT2D eigenvalue weighted by Crippen LogP contribution is -2.34. The van der Waals surface area contributed by atoms with Crippen LogP contribution in [0.15, 0.2) is 10.8 Å². The van der Waals surface area contributed by atoms with Gasteiger partial charge >= 0.3 is 12.1 Å². The Balaban J connectivity index is 2.73. The van der Waals surface area contributed by atoms with Crippen LogP contribution in [-0.2, 0) is 9.47 Å². The lowest BCUT2D eigenvalue weighted by molar-refractivity contribution is 0.0481. The first-order chi connectivity index (χ1) is 9.24. The summed E-state index contributed by atoms with van der Waals surface area (Å²) in [7, 11) is 0. The van der Waals surface area contributed by atoms with Crippen molar-refractivity contribution in [1.29, 1.82) is 0 Å². The van der Waals surface area contributed by atoms with Crippen LogP contribution in [0.5, 0.6) is 0 Å². The second kappa shape index (κ2) is 6.40. The lowest BCUT2D eigenvalue weighted by Gasteiger charge is -2.21. The number of hydrogen-bond donors (Lipinski definition) is 1. The quantitative estimate of drug-likeness (QED) is 0.854. The fraction of sp³-hybridized carbons (Fsp3) is 0.615. The molecule has 1 aromatic rings. The highest BCUT2D eigenvalue weighted by molar-refractivity contribution is 5.88. The molecule has 0 spiro atoms. The van der Waals surface area contributed by atoms with Gasteiger partial charge in [0.1, 0.15) is 5.60 Å². The van der Waals surface area contributed by atoms with Gasteiger partial charge in [-0.3, -0.25) is 0 Å². The summed E-state index contributed by atoms with van der Waals surface area (Å²) in [6.07, 6.45) is 0.533. The van der Waals surface area contributed by atoms with E-state index < -0.39 is 23.7 Å². The maximum atomic E-state index is 11.7. The molecule has 1 heterocycles. The highest BCUT2D eigenvalue weighted by Crippen LogP contribution is 2.18. The number of amides is 1. The fourth-order valence-electron chi connectivity index (χ4n) is 1.47. The Morgan fingerprint density at radius 1 is 1.45 bits per heavy atom. The summed E-state index contributed by atoms with van der Waals surface area (Å²) in [6, 6.07) is -0.563. The van der Waals surface area contributed by atoms with Crippen molar-refractivity contribution in [3.8, 4) is 0 Å². The number of nitrogens with zero attached hydrogens (tertiary/aromatic N) is 1. The number of carbonyl (C=O) groups excluding carboxylic acids is 2. The summed E-state index contributed by atoms with van der Waals surface area (Å²) in [5.74, 6) is -0.358. The second-order valence-electron chi connectivity index (χ2n) is 5.15. The van der Waals surface area contributed by atoms with Gasteiger partial charge < -0.3 is 19.2 Å². The van der Waals surface area contributed by atoms with Gasteiger partial charge in [0.25, 0.3) is 0 Å². The predicted molar refractivity (Wildman–Crippen MR) is 70.2 cm³/mol. The summed E-state index contributed by atoms with van der Waals surface area (Å²) in [5, 5.41) is 2.57. The van der Waals surface area contributed by atoms with Crippen LogP contribution in [0.2, 0.25) is 0 Å². The van der Waals surface area contributed by atoms with Crippen LogP contribution >= 0.6 is 0 Å². The van der Waals surface area contributed by atoms with Crippen molar-refractivity contribution in [3.63, 3.8) is 0 Å². The Kier molecular flexibility index (Phi) is 5.12. The molecule has 0 radical (unpaired) electrons. The van der Waals surface area contributed by atoms with Gasteiger partial charge in [0.2, 0.25) is 0 Å². The zero-order chi connectivity index (χ0) is 15.3. The molecule has 0 aliphatic rings. The molecule has 7 nitrogen and oxygen atoms in total. The minimum absolute atomic E-state index is 0.0513. The van der Waals surface area contributed by atoms with E-state index in [0.29, 0.717) is 0 Å². The maximum absolute atomic E-state index is 11.7. The molecule has 1 atom stereocenters. The number of esters is 1. The standard InChI is InChI=1S/C13H20N2O5/c1-6-18-11(16)9-10(19-7-14-9)8(2)15-12(17)20-13(3,4)5/h7-8H,6H2,1-5H3,(H,15,17). The van der Waals surface area contributed by atoms with Gasteiger partial charge in [-0.15, -0.1) is 0 Å². The Morgan fingerprint density at radius 3 is 2.65 bits per heavy atom. The Hall–Kier alpha value is -2.05. The summed E-state index contributed by atoms with van der Waals surface area (Å²) in [5.41, 5.74) is -0.551. The number of rotatable bonds is 4. The minimum Gasteiger partial charge on any atom is -0.461 e. The van der Waals surface area contributed by atoms with E-state index in [9.17, 15) is 9.59 Å². The van der Waals surface area contributed by atoms with Gasteiger partial charge in [0.15, 0.2) is 17.8 Å². The zero-order valence-corrected chi connectivity index (χ0v) is 12.4. The topological polar surface area (TPSA) is 90.7 Å². The van der Waals surface area contributed by atoms with E-state index in [1.165, 1.54) is 0 Å². The molecular formula is C13H20N2O5. The maximum Gasteiger partial charge on any atom is 0.408 e. The van der Waals surface area contributed by atoms with E-state index in [1.807, 2.05) is 0 Å². The summed E-state index contributed by atoms with van der Waals surface area (Å²) >= 11 is 0. The van der Waals surface area contributed by atoms with Gasteiger partial charge in [-0.05, 0) is 34.6 Å². The largest absolute Gasteiger partial charge is 0.461 e. The lowest BCUT2D eigenvalue weighted by atomic mass is 10.2. The van der Waals surface area contributed by atoms with Crippen LogP contribution in [0.4, 0.5) is 4.79 Å². The molecule has 20 heavy (non-hydrogen) atoms. The van der Waals surface area contributed by atoms with Gasteiger partial charge in [0.05, 0.1) is 12.6 Å². The van der Waals surface area contributed by atoms with Crippen molar-refractivity contribution in [2.24, 2.45) is 0 Å². The number of carbonyl (C=O) groups is 2. The molecule has 1 N–H and O–H groups in total. The highest BCUT2D eigenvalue weighted by atomic mass is 16.6. The summed E-state index contributed by atoms with van der Waals surface area (Å²) in [4.78, 5) is 27.1. The van der Waals surface area contributed by atoms with Crippen LogP contribution in [0.3, 0.4) is 0 Å². The molecule has 112 valence electrons. The van der Waals surface area contributed by atoms with Gasteiger partial charge in [-0.2, -0.15) is 0 Å². The Morgan fingerprint density at radius 2 is 2.10 bits per heavy atom. The number of alkyl carbamates (subject to hydrolysis) is 1. The molecular weight excluding hydrogens is 264 g/mol. The predicted octanol–water partition coefficient (Wildman–Crippen LogP) is 2.44. The molecule has 1 unspecified atom stereocenters. The zero-order valence-electron chi connectivity index (χ0n) is 12.4. The van der Waals surface area contributed by atoms with Crippen molar-refractivity contribution in [1.82, 2.24) is 10.3 Å². The van der Waals surface area contributed by atoms with E-state index in [4.69, 9.17) is 13.9 Å². The number of oxazole rings is 1. The third-order valence-electron chi connectivity index (χ3n) is 2.19. The van der Waals surface area contributed by atoms with E-state index >= 15 is 0 Å². The number of hydrogen-bond acceptors (Lipinski definition) is 6. The van der Waals surface area contributed by atoms with Crippen molar-refractivity contribution in [3.05, 3.63) is 17.8 Å². The van der Waals surface area contributed by atoms with E-state index in [1.54, 1.807) is 34.6 Å². The second-order valence-corrected chi connectivity index (χ2v) is 5.15. The number of nitrogens with one attached hydrogen (secondary N) is 1. The Labute approximate surface area is 117 Å². The molecule has 0 aromatic carbocycles. The molecule has 0 bridgehead atoms. The van der Waals surface area contributed by atoms with Crippen LogP contribution in [0, 0.1) is 0 Å². The first-order valence-electron chi connectivity index (χ1n) is 6.34. The smallest absolute Gasteiger partial charge is 0.408 e. The van der Waals surface area contributed by atoms with Gasteiger partial charge in [0, 0.05) is 0 Å². The average molecular weight is 284 g/mol. The molecule has 0 saturated heterocycles. The monoisotopic (exact) mass is 284 g/mol. The summed E-state index contributed by atoms with van der Waals surface area (Å²) < 4.78 is 15.1. The molecule has 0 aliphatic carbocycles. The van der Waals surface area contributed by atoms with E-state index in [-0.39, 0.29) is 18.1 Å². The van der Waals surface area contributed by atoms with Crippen LogP contribution in [0.1, 0.15) is 56.9 Å². The molecule has 0 saturated carbocycles. The molecule has 7 heteroatoms. The molecule has 1 aromatic heterocycles.